The van der Waals surface area contributed by atoms with Crippen LogP contribution in [0.15, 0.2) is 57.9 Å². The van der Waals surface area contributed by atoms with Gasteiger partial charge >= 0.3 is 0 Å². The van der Waals surface area contributed by atoms with Crippen molar-refractivity contribution in [1.29, 1.82) is 0 Å². The van der Waals surface area contributed by atoms with E-state index in [4.69, 9.17) is 0 Å². The first-order chi connectivity index (χ1) is 9.92. The maximum Gasteiger partial charge on any atom is 0.241 e. The number of halogens is 1. The summed E-state index contributed by atoms with van der Waals surface area (Å²) in [6, 6.07) is 14.4. The average molecular weight is 368 g/mol. The second-order valence-corrected chi connectivity index (χ2v) is 7.58. The van der Waals surface area contributed by atoms with Crippen molar-refractivity contribution in [3.05, 3.63) is 64.1 Å². The van der Waals surface area contributed by atoms with Crippen molar-refractivity contribution in [1.82, 2.24) is 4.72 Å². The van der Waals surface area contributed by atoms with Gasteiger partial charge in [0, 0.05) is 10.5 Å². The molecular weight excluding hydrogens is 350 g/mol. The van der Waals surface area contributed by atoms with Gasteiger partial charge in [-0.1, -0.05) is 58.7 Å². The van der Waals surface area contributed by atoms with Crippen LogP contribution in [0.1, 0.15) is 30.5 Å². The molecule has 1 atom stereocenters. The molecule has 5 heteroatoms. The fourth-order valence-electron chi connectivity index (χ4n) is 2.08. The summed E-state index contributed by atoms with van der Waals surface area (Å²) in [6.07, 6.45) is 0.691. The molecule has 21 heavy (non-hydrogen) atoms. The molecule has 2 aromatic rings. The van der Waals surface area contributed by atoms with Crippen LogP contribution in [0.5, 0.6) is 0 Å². The highest BCUT2D eigenvalue weighted by Gasteiger charge is 2.20. The van der Waals surface area contributed by atoms with E-state index in [9.17, 15) is 8.42 Å². The molecule has 0 amide bonds. The van der Waals surface area contributed by atoms with Crippen LogP contribution in [-0.2, 0) is 10.0 Å². The number of nitrogens with one attached hydrogen (secondary N) is 1. The molecule has 3 nitrogen and oxygen atoms in total. The number of benzene rings is 2. The normalized spacial score (nSPS) is 13.1. The minimum Gasteiger partial charge on any atom is -0.207 e. The molecule has 0 spiro atoms. The zero-order valence-electron chi connectivity index (χ0n) is 12.0. The molecular formula is C16H18BrNO2S. The molecule has 0 aliphatic rings. The van der Waals surface area contributed by atoms with Gasteiger partial charge in [0.15, 0.2) is 0 Å². The third-order valence-electron chi connectivity index (χ3n) is 3.29. The van der Waals surface area contributed by atoms with E-state index in [1.54, 1.807) is 24.3 Å². The zero-order valence-corrected chi connectivity index (χ0v) is 14.4. The molecule has 0 radical (unpaired) electrons. The highest BCUT2D eigenvalue weighted by molar-refractivity contribution is 9.10. The van der Waals surface area contributed by atoms with Crippen molar-refractivity contribution in [2.75, 3.05) is 0 Å². The topological polar surface area (TPSA) is 46.2 Å². The molecule has 1 N–H and O–H groups in total. The number of hydrogen-bond donors (Lipinski definition) is 1. The molecule has 0 fully saturated rings. The van der Waals surface area contributed by atoms with Crippen LogP contribution >= 0.6 is 15.9 Å². The summed E-state index contributed by atoms with van der Waals surface area (Å²) >= 11 is 3.30. The molecule has 2 rings (SSSR count). The number of sulfonamides is 1. The average Bonchev–Trinajstić information content (AvgIpc) is 2.46. The Morgan fingerprint density at radius 2 is 1.81 bits per heavy atom. The lowest BCUT2D eigenvalue weighted by atomic mass is 10.0. The third-order valence-corrected chi connectivity index (χ3v) is 5.25. The van der Waals surface area contributed by atoms with E-state index in [-0.39, 0.29) is 10.9 Å². The standard InChI is InChI=1S/C16H18BrNO2S/c1-3-16(13-9-7-12(2)8-10-13)18-21(19,20)15-6-4-5-14(17)11-15/h4-11,16,18H,3H2,1-2H3. The number of hydrogen-bond acceptors (Lipinski definition) is 2. The molecule has 0 heterocycles. The molecule has 0 saturated heterocycles. The summed E-state index contributed by atoms with van der Waals surface area (Å²) < 4.78 is 28.4. The fraction of sp³-hybridized carbons (Fsp3) is 0.250. The third kappa shape index (κ3) is 4.15. The molecule has 0 bridgehead atoms. The predicted molar refractivity (Wildman–Crippen MR) is 88.7 cm³/mol. The molecule has 1 unspecified atom stereocenters. The van der Waals surface area contributed by atoms with E-state index in [1.165, 1.54) is 0 Å². The summed E-state index contributed by atoms with van der Waals surface area (Å²) in [7, 11) is -3.53. The summed E-state index contributed by atoms with van der Waals surface area (Å²) in [6.45, 7) is 3.98. The quantitative estimate of drug-likeness (QED) is 0.860. The minimum absolute atomic E-state index is 0.227. The first kappa shape index (κ1) is 16.2. The lowest BCUT2D eigenvalue weighted by molar-refractivity contribution is 0.550. The van der Waals surface area contributed by atoms with Gasteiger partial charge in [0.1, 0.15) is 0 Å². The van der Waals surface area contributed by atoms with E-state index >= 15 is 0 Å². The largest absolute Gasteiger partial charge is 0.241 e. The number of rotatable bonds is 5. The summed E-state index contributed by atoms with van der Waals surface area (Å²) in [5, 5.41) is 0. The van der Waals surface area contributed by atoms with Crippen LogP contribution in [0.4, 0.5) is 0 Å². The molecule has 2 aromatic carbocycles. The lowest BCUT2D eigenvalue weighted by Gasteiger charge is -2.18. The van der Waals surface area contributed by atoms with Crippen LogP contribution in [0.2, 0.25) is 0 Å². The molecule has 0 aliphatic carbocycles. The van der Waals surface area contributed by atoms with Gasteiger partial charge < -0.3 is 0 Å². The monoisotopic (exact) mass is 367 g/mol. The van der Waals surface area contributed by atoms with E-state index in [0.717, 1.165) is 15.6 Å². The van der Waals surface area contributed by atoms with Gasteiger partial charge in [-0.3, -0.25) is 0 Å². The Kier molecular flexibility index (Phi) is 5.19. The summed E-state index contributed by atoms with van der Waals surface area (Å²) in [5.74, 6) is 0. The van der Waals surface area contributed by atoms with Crippen LogP contribution in [0.3, 0.4) is 0 Å². The van der Waals surface area contributed by atoms with Gasteiger partial charge in [0.25, 0.3) is 0 Å². The van der Waals surface area contributed by atoms with E-state index in [0.29, 0.717) is 6.42 Å². The second kappa shape index (κ2) is 6.73. The van der Waals surface area contributed by atoms with Crippen molar-refractivity contribution in [2.45, 2.75) is 31.2 Å². The highest BCUT2D eigenvalue weighted by Crippen LogP contribution is 2.22. The smallest absolute Gasteiger partial charge is 0.207 e. The van der Waals surface area contributed by atoms with Crippen molar-refractivity contribution in [3.63, 3.8) is 0 Å². The van der Waals surface area contributed by atoms with Gasteiger partial charge in [-0.25, -0.2) is 13.1 Å². The van der Waals surface area contributed by atoms with Crippen molar-refractivity contribution in [2.24, 2.45) is 0 Å². The Hall–Kier alpha value is -1.17. The van der Waals surface area contributed by atoms with E-state index in [2.05, 4.69) is 20.7 Å². The highest BCUT2D eigenvalue weighted by atomic mass is 79.9. The van der Waals surface area contributed by atoms with Crippen molar-refractivity contribution >= 4 is 26.0 Å². The van der Waals surface area contributed by atoms with Gasteiger partial charge in [0.2, 0.25) is 10.0 Å². The van der Waals surface area contributed by atoms with E-state index in [1.807, 2.05) is 38.1 Å². The Labute approximate surface area is 134 Å². The lowest BCUT2D eigenvalue weighted by Crippen LogP contribution is -2.28. The maximum atomic E-state index is 12.5. The van der Waals surface area contributed by atoms with Crippen molar-refractivity contribution < 1.29 is 8.42 Å². The first-order valence-corrected chi connectivity index (χ1v) is 9.04. The zero-order chi connectivity index (χ0) is 15.5. The summed E-state index contributed by atoms with van der Waals surface area (Å²) in [4.78, 5) is 0.266. The molecule has 0 aromatic heterocycles. The predicted octanol–water partition coefficient (Wildman–Crippen LogP) is 4.19. The Morgan fingerprint density at radius 1 is 1.14 bits per heavy atom. The van der Waals surface area contributed by atoms with Gasteiger partial charge in [-0.2, -0.15) is 0 Å². The fourth-order valence-corrected chi connectivity index (χ4v) is 3.98. The maximum absolute atomic E-state index is 12.5. The van der Waals surface area contributed by atoms with E-state index < -0.39 is 10.0 Å². The molecule has 0 saturated carbocycles. The van der Waals surface area contributed by atoms with Crippen LogP contribution in [0, 0.1) is 6.92 Å². The van der Waals surface area contributed by atoms with Gasteiger partial charge in [-0.15, -0.1) is 0 Å². The van der Waals surface area contributed by atoms with Gasteiger partial charge in [0.05, 0.1) is 4.90 Å². The minimum atomic E-state index is -3.53. The summed E-state index contributed by atoms with van der Waals surface area (Å²) in [5.41, 5.74) is 2.13. The Bertz CT molecular complexity index is 711. The SMILES string of the molecule is CCC(NS(=O)(=O)c1cccc(Br)c1)c1ccc(C)cc1. The molecule has 112 valence electrons. The second-order valence-electron chi connectivity index (χ2n) is 4.95. The number of aryl methyl sites for hydroxylation is 1. The van der Waals surface area contributed by atoms with Crippen LogP contribution in [0.25, 0.3) is 0 Å². The first-order valence-electron chi connectivity index (χ1n) is 6.77. The van der Waals surface area contributed by atoms with Crippen LogP contribution < -0.4 is 4.72 Å². The molecule has 0 aliphatic heterocycles. The Balaban J connectivity index is 2.27. The van der Waals surface area contributed by atoms with Crippen molar-refractivity contribution in [3.8, 4) is 0 Å². The van der Waals surface area contributed by atoms with Gasteiger partial charge in [-0.05, 0) is 37.1 Å². The Morgan fingerprint density at radius 3 is 2.38 bits per heavy atom. The van der Waals surface area contributed by atoms with Crippen LogP contribution in [-0.4, -0.2) is 8.42 Å².